The first-order valence-corrected chi connectivity index (χ1v) is 8.02. The Morgan fingerprint density at radius 2 is 1.96 bits per heavy atom. The van der Waals surface area contributed by atoms with E-state index in [4.69, 9.17) is 4.42 Å². The van der Waals surface area contributed by atoms with Crippen LogP contribution in [0.3, 0.4) is 0 Å². The summed E-state index contributed by atoms with van der Waals surface area (Å²) in [6, 6.07) is 11.1. The molecule has 0 bridgehead atoms. The lowest BCUT2D eigenvalue weighted by atomic mass is 10.1. The van der Waals surface area contributed by atoms with E-state index < -0.39 is 0 Å². The number of hydrogen-bond acceptors (Lipinski definition) is 5. The van der Waals surface area contributed by atoms with Crippen molar-refractivity contribution in [2.75, 3.05) is 10.6 Å². The van der Waals surface area contributed by atoms with Crippen LogP contribution in [0.5, 0.6) is 0 Å². The summed E-state index contributed by atoms with van der Waals surface area (Å²) in [6.07, 6.45) is 1.62. The maximum absolute atomic E-state index is 12.6. The number of nitrogens with zero attached hydrogens (tertiary/aromatic N) is 2. The van der Waals surface area contributed by atoms with Gasteiger partial charge >= 0.3 is 0 Å². The minimum atomic E-state index is -0.264. The van der Waals surface area contributed by atoms with E-state index in [2.05, 4.69) is 20.6 Å². The van der Waals surface area contributed by atoms with Crippen molar-refractivity contribution in [3.05, 3.63) is 71.1 Å². The predicted octanol–water partition coefficient (Wildman–Crippen LogP) is 3.86. The number of aromatic nitrogens is 2. The number of carbonyl (C=O) groups excluding carboxylic acids is 1. The first kappa shape index (κ1) is 16.7. The van der Waals surface area contributed by atoms with Crippen molar-refractivity contribution in [3.63, 3.8) is 0 Å². The molecular weight excluding hydrogens is 316 g/mol. The van der Waals surface area contributed by atoms with Gasteiger partial charge in [0.05, 0.1) is 12.8 Å². The summed E-state index contributed by atoms with van der Waals surface area (Å²) >= 11 is 0. The van der Waals surface area contributed by atoms with E-state index in [1.54, 1.807) is 19.3 Å². The number of hydrogen-bond donors (Lipinski definition) is 2. The van der Waals surface area contributed by atoms with Crippen LogP contribution in [0.1, 0.15) is 33.2 Å². The summed E-state index contributed by atoms with van der Waals surface area (Å²) in [6.45, 7) is 6.23. The standard InChI is InChI=1S/C19H20N4O2/c1-12-6-4-8-16(13(12)2)23-19(24)17-10-18(22-14(3)21-17)20-11-15-7-5-9-25-15/h4-10H,11H2,1-3H3,(H,23,24)(H,20,21,22). The van der Waals surface area contributed by atoms with Crippen LogP contribution in [0.2, 0.25) is 0 Å². The van der Waals surface area contributed by atoms with Crippen molar-refractivity contribution in [3.8, 4) is 0 Å². The number of amides is 1. The van der Waals surface area contributed by atoms with Gasteiger partial charge in [0, 0.05) is 11.8 Å². The van der Waals surface area contributed by atoms with Crippen molar-refractivity contribution < 1.29 is 9.21 Å². The van der Waals surface area contributed by atoms with E-state index in [0.717, 1.165) is 22.6 Å². The molecule has 0 saturated heterocycles. The third kappa shape index (κ3) is 4.03. The highest BCUT2D eigenvalue weighted by Gasteiger charge is 2.12. The maximum atomic E-state index is 12.6. The summed E-state index contributed by atoms with van der Waals surface area (Å²) < 4.78 is 5.28. The first-order valence-electron chi connectivity index (χ1n) is 8.02. The van der Waals surface area contributed by atoms with Crippen LogP contribution in [0, 0.1) is 20.8 Å². The number of benzene rings is 1. The molecule has 3 rings (SSSR count). The normalized spacial score (nSPS) is 10.5. The van der Waals surface area contributed by atoms with Gasteiger partial charge in [0.2, 0.25) is 0 Å². The molecule has 0 radical (unpaired) electrons. The van der Waals surface area contributed by atoms with E-state index in [1.165, 1.54) is 0 Å². The largest absolute Gasteiger partial charge is 0.467 e. The zero-order valence-electron chi connectivity index (χ0n) is 14.5. The van der Waals surface area contributed by atoms with Crippen molar-refractivity contribution in [2.24, 2.45) is 0 Å². The zero-order chi connectivity index (χ0) is 17.8. The van der Waals surface area contributed by atoms with Crippen LogP contribution in [0.25, 0.3) is 0 Å². The van der Waals surface area contributed by atoms with Crippen LogP contribution in [0.15, 0.2) is 47.1 Å². The van der Waals surface area contributed by atoms with Crippen LogP contribution in [0.4, 0.5) is 11.5 Å². The highest BCUT2D eigenvalue weighted by molar-refractivity contribution is 6.03. The SMILES string of the molecule is Cc1nc(NCc2ccco2)cc(C(=O)Nc2cccc(C)c2C)n1. The van der Waals surface area contributed by atoms with Crippen molar-refractivity contribution >= 4 is 17.4 Å². The molecule has 2 N–H and O–H groups in total. The molecule has 128 valence electrons. The van der Waals surface area contributed by atoms with E-state index >= 15 is 0 Å². The van der Waals surface area contributed by atoms with Gasteiger partial charge in [-0.1, -0.05) is 12.1 Å². The van der Waals surface area contributed by atoms with Gasteiger partial charge < -0.3 is 15.1 Å². The number of anilines is 2. The maximum Gasteiger partial charge on any atom is 0.274 e. The van der Waals surface area contributed by atoms with E-state index in [-0.39, 0.29) is 5.91 Å². The molecule has 25 heavy (non-hydrogen) atoms. The molecule has 0 saturated carbocycles. The van der Waals surface area contributed by atoms with Gasteiger partial charge in [-0.2, -0.15) is 0 Å². The second-order valence-electron chi connectivity index (χ2n) is 5.82. The molecule has 2 aromatic heterocycles. The molecule has 0 fully saturated rings. The van der Waals surface area contributed by atoms with Gasteiger partial charge in [-0.05, 0) is 50.1 Å². The Morgan fingerprint density at radius 1 is 1.12 bits per heavy atom. The van der Waals surface area contributed by atoms with Crippen molar-refractivity contribution in [1.29, 1.82) is 0 Å². The molecule has 3 aromatic rings. The molecular formula is C19H20N4O2. The quantitative estimate of drug-likeness (QED) is 0.739. The monoisotopic (exact) mass is 336 g/mol. The molecule has 2 heterocycles. The molecule has 6 nitrogen and oxygen atoms in total. The molecule has 0 unspecified atom stereocenters. The molecule has 1 aromatic carbocycles. The van der Waals surface area contributed by atoms with Gasteiger partial charge in [-0.25, -0.2) is 9.97 Å². The Morgan fingerprint density at radius 3 is 2.72 bits per heavy atom. The molecule has 1 amide bonds. The second kappa shape index (κ2) is 7.17. The molecule has 0 atom stereocenters. The summed E-state index contributed by atoms with van der Waals surface area (Å²) in [7, 11) is 0. The van der Waals surface area contributed by atoms with E-state index in [1.807, 2.05) is 44.2 Å². The highest BCUT2D eigenvalue weighted by Crippen LogP contribution is 2.19. The number of carbonyl (C=O) groups is 1. The smallest absolute Gasteiger partial charge is 0.274 e. The molecule has 0 aliphatic heterocycles. The Kier molecular flexibility index (Phi) is 4.79. The lowest BCUT2D eigenvalue weighted by molar-refractivity contribution is 0.102. The minimum absolute atomic E-state index is 0.264. The van der Waals surface area contributed by atoms with Crippen LogP contribution in [-0.2, 0) is 6.54 Å². The van der Waals surface area contributed by atoms with Gasteiger partial charge in [-0.15, -0.1) is 0 Å². The predicted molar refractivity (Wildman–Crippen MR) is 96.7 cm³/mol. The summed E-state index contributed by atoms with van der Waals surface area (Å²) in [4.78, 5) is 21.1. The van der Waals surface area contributed by atoms with Gasteiger partial charge in [0.25, 0.3) is 5.91 Å². The van der Waals surface area contributed by atoms with Crippen molar-refractivity contribution in [2.45, 2.75) is 27.3 Å². The van der Waals surface area contributed by atoms with Crippen LogP contribution in [-0.4, -0.2) is 15.9 Å². The topological polar surface area (TPSA) is 80.0 Å². The fourth-order valence-electron chi connectivity index (χ4n) is 2.44. The van der Waals surface area contributed by atoms with Crippen LogP contribution < -0.4 is 10.6 Å². The highest BCUT2D eigenvalue weighted by atomic mass is 16.3. The first-order chi connectivity index (χ1) is 12.0. The molecule has 0 spiro atoms. The van der Waals surface area contributed by atoms with Gasteiger partial charge in [0.1, 0.15) is 23.1 Å². The molecule has 6 heteroatoms. The fourth-order valence-corrected chi connectivity index (χ4v) is 2.44. The second-order valence-corrected chi connectivity index (χ2v) is 5.82. The fraction of sp³-hybridized carbons (Fsp3) is 0.211. The Balaban J connectivity index is 1.76. The molecule has 0 aliphatic rings. The zero-order valence-corrected chi connectivity index (χ0v) is 14.5. The number of aryl methyl sites for hydroxylation is 2. The average Bonchev–Trinajstić information content (AvgIpc) is 3.10. The Hall–Kier alpha value is -3.15. The van der Waals surface area contributed by atoms with Crippen molar-refractivity contribution in [1.82, 2.24) is 9.97 Å². The van der Waals surface area contributed by atoms with Gasteiger partial charge in [0.15, 0.2) is 0 Å². The molecule has 0 aliphatic carbocycles. The summed E-state index contributed by atoms with van der Waals surface area (Å²) in [5, 5.41) is 6.06. The lowest BCUT2D eigenvalue weighted by Crippen LogP contribution is -2.16. The van der Waals surface area contributed by atoms with Gasteiger partial charge in [-0.3, -0.25) is 4.79 Å². The number of furan rings is 1. The van der Waals surface area contributed by atoms with Crippen LogP contribution >= 0.6 is 0 Å². The Bertz CT molecular complexity index is 888. The number of rotatable bonds is 5. The van der Waals surface area contributed by atoms with E-state index in [9.17, 15) is 4.79 Å². The minimum Gasteiger partial charge on any atom is -0.467 e. The van der Waals surface area contributed by atoms with E-state index in [0.29, 0.717) is 23.9 Å². The number of nitrogens with one attached hydrogen (secondary N) is 2. The Labute approximate surface area is 146 Å². The lowest BCUT2D eigenvalue weighted by Gasteiger charge is -2.11. The third-order valence-corrected chi connectivity index (χ3v) is 3.95. The summed E-state index contributed by atoms with van der Waals surface area (Å²) in [5.74, 6) is 1.63. The average molecular weight is 336 g/mol. The summed E-state index contributed by atoms with van der Waals surface area (Å²) in [5.41, 5.74) is 3.26. The third-order valence-electron chi connectivity index (χ3n) is 3.95.